The molecule has 0 N–H and O–H groups in total. The van der Waals surface area contributed by atoms with Crippen molar-refractivity contribution in [3.05, 3.63) is 51.4 Å². The number of thiophene rings is 1. The van der Waals surface area contributed by atoms with Crippen LogP contribution in [0, 0.1) is 0 Å². The fraction of sp³-hybridized carbons (Fsp3) is 0.312. The van der Waals surface area contributed by atoms with Crippen molar-refractivity contribution in [2.75, 3.05) is 5.88 Å². The van der Waals surface area contributed by atoms with Crippen LogP contribution < -0.4 is 0 Å². The molecule has 0 radical (unpaired) electrons. The molecule has 0 bridgehead atoms. The number of hydrogen-bond acceptors (Lipinski definition) is 2. The number of imidazole rings is 1. The Balaban J connectivity index is 2.06. The SMILES string of the molecule is CC(Cc1cccs1)n1c(CCCl)nc2c(Cl)cccc21. The number of rotatable bonds is 5. The minimum Gasteiger partial charge on any atom is -0.325 e. The largest absolute Gasteiger partial charge is 0.325 e. The second-order valence-corrected chi connectivity index (χ2v) is 6.89. The second-order valence-electron chi connectivity index (χ2n) is 5.08. The Labute approximate surface area is 138 Å². The predicted octanol–water partition coefficient (Wildman–Crippen LogP) is 5.34. The van der Waals surface area contributed by atoms with E-state index >= 15 is 0 Å². The molecule has 5 heteroatoms. The van der Waals surface area contributed by atoms with E-state index in [1.165, 1.54) is 4.88 Å². The average molecular weight is 339 g/mol. The number of para-hydroxylation sites is 1. The van der Waals surface area contributed by atoms with Crippen LogP contribution >= 0.6 is 34.5 Å². The van der Waals surface area contributed by atoms with Gasteiger partial charge in [-0.05, 0) is 30.5 Å². The van der Waals surface area contributed by atoms with Crippen LogP contribution in [0.4, 0.5) is 0 Å². The lowest BCUT2D eigenvalue weighted by Crippen LogP contribution is -2.12. The molecule has 0 saturated heterocycles. The first-order valence-corrected chi connectivity index (χ1v) is 8.73. The van der Waals surface area contributed by atoms with E-state index in [1.54, 1.807) is 11.3 Å². The van der Waals surface area contributed by atoms with Crippen molar-refractivity contribution >= 4 is 45.6 Å². The number of halogens is 2. The first-order valence-electron chi connectivity index (χ1n) is 6.94. The van der Waals surface area contributed by atoms with Crippen molar-refractivity contribution in [2.45, 2.75) is 25.8 Å². The van der Waals surface area contributed by atoms with Gasteiger partial charge in [-0.2, -0.15) is 0 Å². The van der Waals surface area contributed by atoms with Crippen LogP contribution in [0.15, 0.2) is 35.7 Å². The molecule has 0 aliphatic heterocycles. The summed E-state index contributed by atoms with van der Waals surface area (Å²) in [7, 11) is 0. The summed E-state index contributed by atoms with van der Waals surface area (Å²) in [6.45, 7) is 2.22. The number of aromatic nitrogens is 2. The highest BCUT2D eigenvalue weighted by Gasteiger charge is 2.17. The number of aryl methyl sites for hydroxylation is 1. The van der Waals surface area contributed by atoms with Gasteiger partial charge < -0.3 is 4.57 Å². The summed E-state index contributed by atoms with van der Waals surface area (Å²) in [5.41, 5.74) is 1.96. The van der Waals surface area contributed by atoms with Crippen LogP contribution in [0.1, 0.15) is 23.7 Å². The van der Waals surface area contributed by atoms with Crippen molar-refractivity contribution in [2.24, 2.45) is 0 Å². The maximum Gasteiger partial charge on any atom is 0.111 e. The monoisotopic (exact) mass is 338 g/mol. The second kappa shape index (κ2) is 6.39. The van der Waals surface area contributed by atoms with E-state index in [0.717, 1.165) is 29.7 Å². The zero-order valence-electron chi connectivity index (χ0n) is 11.7. The standard InChI is InChI=1S/C16H16Cl2N2S/c1-11(10-12-4-3-9-21-12)20-14-6-2-5-13(18)16(14)19-15(20)7-8-17/h2-6,9,11H,7-8,10H2,1H3. The maximum atomic E-state index is 6.28. The Kier molecular flexibility index (Phi) is 4.53. The maximum absolute atomic E-state index is 6.28. The minimum absolute atomic E-state index is 0.324. The molecule has 21 heavy (non-hydrogen) atoms. The van der Waals surface area contributed by atoms with Crippen molar-refractivity contribution in [1.82, 2.24) is 9.55 Å². The topological polar surface area (TPSA) is 17.8 Å². The molecule has 1 aromatic carbocycles. The lowest BCUT2D eigenvalue weighted by molar-refractivity contribution is 0.541. The van der Waals surface area contributed by atoms with Crippen molar-refractivity contribution < 1.29 is 0 Å². The number of hydrogen-bond donors (Lipinski definition) is 0. The molecule has 0 aliphatic carbocycles. The molecule has 3 aromatic rings. The van der Waals surface area contributed by atoms with E-state index < -0.39 is 0 Å². The highest BCUT2D eigenvalue weighted by molar-refractivity contribution is 7.09. The molecule has 3 rings (SSSR count). The van der Waals surface area contributed by atoms with Crippen molar-refractivity contribution in [3.63, 3.8) is 0 Å². The highest BCUT2D eigenvalue weighted by Crippen LogP contribution is 2.29. The van der Waals surface area contributed by atoms with Gasteiger partial charge in [0.05, 0.1) is 10.5 Å². The first kappa shape index (κ1) is 14.9. The molecule has 1 atom stereocenters. The smallest absolute Gasteiger partial charge is 0.111 e. The molecule has 0 aliphatic rings. The van der Waals surface area contributed by atoms with E-state index in [2.05, 4.69) is 35.1 Å². The summed E-state index contributed by atoms with van der Waals surface area (Å²) >= 11 is 14.0. The Bertz CT molecular complexity index is 734. The van der Waals surface area contributed by atoms with Gasteiger partial charge in [0, 0.05) is 29.6 Å². The summed E-state index contributed by atoms with van der Waals surface area (Å²) in [5.74, 6) is 1.57. The third kappa shape index (κ3) is 2.96. The van der Waals surface area contributed by atoms with Gasteiger partial charge >= 0.3 is 0 Å². The summed E-state index contributed by atoms with van der Waals surface area (Å²) in [5, 5.41) is 2.82. The van der Waals surface area contributed by atoms with Gasteiger partial charge in [-0.25, -0.2) is 4.98 Å². The number of alkyl halides is 1. The first-order chi connectivity index (χ1) is 10.2. The number of nitrogens with zero attached hydrogens (tertiary/aromatic N) is 2. The van der Waals surface area contributed by atoms with Crippen LogP contribution in [-0.4, -0.2) is 15.4 Å². The molecular formula is C16H16Cl2N2S. The molecule has 2 aromatic heterocycles. The zero-order valence-corrected chi connectivity index (χ0v) is 14.0. The summed E-state index contributed by atoms with van der Waals surface area (Å²) in [6, 6.07) is 10.5. The van der Waals surface area contributed by atoms with Crippen LogP contribution in [0.3, 0.4) is 0 Å². The van der Waals surface area contributed by atoms with E-state index in [0.29, 0.717) is 16.9 Å². The normalized spacial score (nSPS) is 12.9. The van der Waals surface area contributed by atoms with E-state index in [4.69, 9.17) is 28.2 Å². The Hall–Kier alpha value is -1.03. The van der Waals surface area contributed by atoms with Gasteiger partial charge in [-0.1, -0.05) is 23.7 Å². The third-order valence-corrected chi connectivity index (χ3v) is 4.97. The van der Waals surface area contributed by atoms with Gasteiger partial charge in [0.25, 0.3) is 0 Å². The fourth-order valence-electron chi connectivity index (χ4n) is 2.69. The zero-order chi connectivity index (χ0) is 14.8. The highest BCUT2D eigenvalue weighted by atomic mass is 35.5. The molecule has 110 valence electrons. The number of fused-ring (bicyclic) bond motifs is 1. The van der Waals surface area contributed by atoms with E-state index in [-0.39, 0.29) is 0 Å². The van der Waals surface area contributed by atoms with Gasteiger partial charge in [0.15, 0.2) is 0 Å². The van der Waals surface area contributed by atoms with Gasteiger partial charge in [-0.3, -0.25) is 0 Å². The van der Waals surface area contributed by atoms with Crippen LogP contribution in [0.25, 0.3) is 11.0 Å². The quantitative estimate of drug-likeness (QED) is 0.574. The van der Waals surface area contributed by atoms with Gasteiger partial charge in [0.2, 0.25) is 0 Å². The molecule has 0 amide bonds. The van der Waals surface area contributed by atoms with E-state index in [1.807, 2.05) is 12.1 Å². The Morgan fingerprint density at radius 1 is 1.29 bits per heavy atom. The van der Waals surface area contributed by atoms with Gasteiger partial charge in [-0.15, -0.1) is 22.9 Å². The van der Waals surface area contributed by atoms with Crippen LogP contribution in [0.5, 0.6) is 0 Å². The third-order valence-electron chi connectivity index (χ3n) is 3.58. The average Bonchev–Trinajstić information content (AvgIpc) is 3.07. The van der Waals surface area contributed by atoms with Crippen molar-refractivity contribution in [1.29, 1.82) is 0 Å². The van der Waals surface area contributed by atoms with Crippen molar-refractivity contribution in [3.8, 4) is 0 Å². The number of benzene rings is 1. The molecule has 2 nitrogen and oxygen atoms in total. The fourth-order valence-corrected chi connectivity index (χ4v) is 3.90. The molecule has 1 unspecified atom stereocenters. The molecular weight excluding hydrogens is 323 g/mol. The van der Waals surface area contributed by atoms with Crippen LogP contribution in [0.2, 0.25) is 5.02 Å². The minimum atomic E-state index is 0.324. The van der Waals surface area contributed by atoms with E-state index in [9.17, 15) is 0 Å². The Morgan fingerprint density at radius 2 is 2.14 bits per heavy atom. The molecule has 0 spiro atoms. The summed E-state index contributed by atoms with van der Waals surface area (Å²) < 4.78 is 2.28. The predicted molar refractivity (Wildman–Crippen MR) is 91.9 cm³/mol. The van der Waals surface area contributed by atoms with Gasteiger partial charge in [0.1, 0.15) is 11.3 Å². The molecule has 2 heterocycles. The summed E-state index contributed by atoms with van der Waals surface area (Å²) in [4.78, 5) is 6.08. The lowest BCUT2D eigenvalue weighted by atomic mass is 10.2. The molecule has 0 fully saturated rings. The lowest BCUT2D eigenvalue weighted by Gasteiger charge is -2.17. The molecule has 0 saturated carbocycles. The Morgan fingerprint density at radius 3 is 2.86 bits per heavy atom. The summed E-state index contributed by atoms with van der Waals surface area (Å²) in [6.07, 6.45) is 1.74. The van der Waals surface area contributed by atoms with Crippen LogP contribution in [-0.2, 0) is 12.8 Å².